The molecular weight excluding hydrogens is 132 g/mol. The molecule has 0 N–H and O–H groups in total. The number of allylic oxidation sites excluding steroid dienone is 4. The van der Waals surface area contributed by atoms with Crippen molar-refractivity contribution >= 4 is 11.6 Å². The van der Waals surface area contributed by atoms with Crippen molar-refractivity contribution in [3.63, 3.8) is 0 Å². The first-order chi connectivity index (χ1) is 4.31. The third-order valence-corrected chi connectivity index (χ3v) is 1.32. The van der Waals surface area contributed by atoms with Crippen LogP contribution in [-0.4, -0.2) is 5.38 Å². The van der Waals surface area contributed by atoms with E-state index in [0.717, 1.165) is 6.42 Å². The normalized spacial score (nSPS) is 15.4. The first-order valence-electron chi connectivity index (χ1n) is 3.19. The Kier molecular flexibility index (Phi) is 5.75. The fourth-order valence-electron chi connectivity index (χ4n) is 0.553. The Balaban J connectivity index is 3.37. The van der Waals surface area contributed by atoms with Crippen molar-refractivity contribution < 1.29 is 0 Å². The highest BCUT2D eigenvalue weighted by Crippen LogP contribution is 2.03. The molecule has 0 aliphatic heterocycles. The van der Waals surface area contributed by atoms with Gasteiger partial charge < -0.3 is 0 Å². The second kappa shape index (κ2) is 5.90. The average Bonchev–Trinajstić information content (AvgIpc) is 1.85. The maximum absolute atomic E-state index is 5.82. The summed E-state index contributed by atoms with van der Waals surface area (Å²) in [7, 11) is 0. The summed E-state index contributed by atoms with van der Waals surface area (Å²) in [4.78, 5) is 0. The van der Waals surface area contributed by atoms with Crippen molar-refractivity contribution in [2.75, 3.05) is 0 Å². The van der Waals surface area contributed by atoms with Crippen molar-refractivity contribution in [2.45, 2.75) is 25.6 Å². The summed E-state index contributed by atoms with van der Waals surface area (Å²) in [6, 6.07) is 0. The Bertz CT molecular complexity index is 103. The van der Waals surface area contributed by atoms with Gasteiger partial charge in [-0.1, -0.05) is 24.3 Å². The third kappa shape index (κ3) is 5.64. The van der Waals surface area contributed by atoms with Crippen LogP contribution >= 0.6 is 11.6 Å². The topological polar surface area (TPSA) is 0 Å². The minimum Gasteiger partial charge on any atom is -0.118 e. The number of halogens is 1. The van der Waals surface area contributed by atoms with Gasteiger partial charge in [0.1, 0.15) is 0 Å². The van der Waals surface area contributed by atoms with E-state index in [2.05, 4.69) is 6.08 Å². The van der Waals surface area contributed by atoms with Gasteiger partial charge >= 0.3 is 0 Å². The zero-order chi connectivity index (χ0) is 7.11. The highest BCUT2D eigenvalue weighted by molar-refractivity contribution is 6.21. The molecule has 0 nitrogen and oxygen atoms in total. The third-order valence-electron chi connectivity index (χ3n) is 0.998. The molecule has 0 aliphatic carbocycles. The largest absolute Gasteiger partial charge is 0.118 e. The van der Waals surface area contributed by atoms with E-state index < -0.39 is 0 Å². The maximum atomic E-state index is 5.82. The van der Waals surface area contributed by atoms with Crippen LogP contribution in [0.15, 0.2) is 24.3 Å². The van der Waals surface area contributed by atoms with E-state index >= 15 is 0 Å². The monoisotopic (exact) mass is 144 g/mol. The van der Waals surface area contributed by atoms with Gasteiger partial charge in [0, 0.05) is 0 Å². The van der Waals surface area contributed by atoms with Gasteiger partial charge in [0.05, 0.1) is 5.38 Å². The molecule has 52 valence electrons. The van der Waals surface area contributed by atoms with Crippen LogP contribution in [0.4, 0.5) is 0 Å². The fraction of sp³-hybridized carbons (Fsp3) is 0.500. The van der Waals surface area contributed by atoms with Gasteiger partial charge in [-0.05, 0) is 20.3 Å². The lowest BCUT2D eigenvalue weighted by atomic mass is 10.2. The number of hydrogen-bond donors (Lipinski definition) is 0. The van der Waals surface area contributed by atoms with Crippen molar-refractivity contribution in [3.8, 4) is 0 Å². The summed E-state index contributed by atoms with van der Waals surface area (Å²) >= 11 is 5.82. The summed E-state index contributed by atoms with van der Waals surface area (Å²) in [6.45, 7) is 3.98. The molecular formula is C8H13Cl. The van der Waals surface area contributed by atoms with Crippen LogP contribution in [0.3, 0.4) is 0 Å². The molecule has 0 radical (unpaired) electrons. The van der Waals surface area contributed by atoms with E-state index in [9.17, 15) is 0 Å². The van der Waals surface area contributed by atoms with Gasteiger partial charge in [-0.25, -0.2) is 0 Å². The number of alkyl halides is 1. The van der Waals surface area contributed by atoms with Crippen LogP contribution in [0.2, 0.25) is 0 Å². The van der Waals surface area contributed by atoms with Crippen LogP contribution < -0.4 is 0 Å². The molecule has 1 atom stereocenters. The molecule has 0 bridgehead atoms. The summed E-state index contributed by atoms with van der Waals surface area (Å²) < 4.78 is 0. The Labute approximate surface area is 62.2 Å². The van der Waals surface area contributed by atoms with E-state index in [0.29, 0.717) is 0 Å². The molecule has 0 heterocycles. The van der Waals surface area contributed by atoms with E-state index in [1.54, 1.807) is 0 Å². The van der Waals surface area contributed by atoms with E-state index in [1.165, 1.54) is 0 Å². The zero-order valence-corrected chi connectivity index (χ0v) is 6.73. The van der Waals surface area contributed by atoms with Gasteiger partial charge in [0.2, 0.25) is 0 Å². The number of hydrogen-bond acceptors (Lipinski definition) is 0. The predicted molar refractivity (Wildman–Crippen MR) is 43.9 cm³/mol. The molecule has 0 spiro atoms. The second-order valence-corrected chi connectivity index (χ2v) is 2.41. The SMILES string of the molecule is C/C=C\C(Cl)C/C=C/C. The maximum Gasteiger partial charge on any atom is 0.0550 e. The number of rotatable bonds is 3. The van der Waals surface area contributed by atoms with Crippen LogP contribution in [-0.2, 0) is 0 Å². The summed E-state index contributed by atoms with van der Waals surface area (Å²) in [6.07, 6.45) is 8.97. The van der Waals surface area contributed by atoms with E-state index in [-0.39, 0.29) is 5.38 Å². The van der Waals surface area contributed by atoms with Crippen molar-refractivity contribution in [1.82, 2.24) is 0 Å². The first kappa shape index (κ1) is 8.77. The summed E-state index contributed by atoms with van der Waals surface area (Å²) in [5.41, 5.74) is 0. The summed E-state index contributed by atoms with van der Waals surface area (Å²) in [5, 5.41) is 0.172. The van der Waals surface area contributed by atoms with E-state index in [4.69, 9.17) is 11.6 Å². The smallest absolute Gasteiger partial charge is 0.0550 e. The van der Waals surface area contributed by atoms with E-state index in [1.807, 2.05) is 32.1 Å². The quantitative estimate of drug-likeness (QED) is 0.422. The Morgan fingerprint density at radius 1 is 1.33 bits per heavy atom. The molecule has 9 heavy (non-hydrogen) atoms. The highest BCUT2D eigenvalue weighted by atomic mass is 35.5. The molecule has 0 aliphatic rings. The van der Waals surface area contributed by atoms with Crippen LogP contribution in [0, 0.1) is 0 Å². The van der Waals surface area contributed by atoms with Gasteiger partial charge in [0.25, 0.3) is 0 Å². The molecule has 0 amide bonds. The molecule has 0 aromatic heterocycles. The lowest BCUT2D eigenvalue weighted by Gasteiger charge is -1.95. The minimum absolute atomic E-state index is 0.172. The fourth-order valence-corrected chi connectivity index (χ4v) is 0.802. The Morgan fingerprint density at radius 2 is 2.00 bits per heavy atom. The van der Waals surface area contributed by atoms with Gasteiger partial charge in [-0.2, -0.15) is 0 Å². The van der Waals surface area contributed by atoms with Gasteiger partial charge in [-0.15, -0.1) is 11.6 Å². The molecule has 0 saturated carbocycles. The average molecular weight is 145 g/mol. The lowest BCUT2D eigenvalue weighted by molar-refractivity contribution is 1.05. The Morgan fingerprint density at radius 3 is 2.44 bits per heavy atom. The highest BCUT2D eigenvalue weighted by Gasteiger charge is 1.91. The second-order valence-electron chi connectivity index (χ2n) is 1.85. The standard InChI is InChI=1S/C8H13Cl/c1-3-5-7-8(9)6-4-2/h3-6,8H,7H2,1-2H3/b5-3+,6-4-. The van der Waals surface area contributed by atoms with Crippen molar-refractivity contribution in [1.29, 1.82) is 0 Å². The van der Waals surface area contributed by atoms with Crippen molar-refractivity contribution in [3.05, 3.63) is 24.3 Å². The molecule has 0 aromatic carbocycles. The molecule has 0 rings (SSSR count). The first-order valence-corrected chi connectivity index (χ1v) is 3.63. The molecule has 0 saturated heterocycles. The molecule has 1 unspecified atom stereocenters. The minimum atomic E-state index is 0.172. The molecule has 0 fully saturated rings. The predicted octanol–water partition coefficient (Wildman–Crippen LogP) is 3.14. The van der Waals surface area contributed by atoms with Crippen molar-refractivity contribution in [2.24, 2.45) is 0 Å². The van der Waals surface area contributed by atoms with Gasteiger partial charge in [0.15, 0.2) is 0 Å². The molecule has 1 heteroatoms. The van der Waals surface area contributed by atoms with Crippen LogP contribution in [0.25, 0.3) is 0 Å². The molecule has 0 aromatic rings. The van der Waals surface area contributed by atoms with Crippen LogP contribution in [0.5, 0.6) is 0 Å². The lowest BCUT2D eigenvalue weighted by Crippen LogP contribution is -1.88. The summed E-state index contributed by atoms with van der Waals surface area (Å²) in [5.74, 6) is 0. The van der Waals surface area contributed by atoms with Crippen LogP contribution in [0.1, 0.15) is 20.3 Å². The van der Waals surface area contributed by atoms with Gasteiger partial charge in [-0.3, -0.25) is 0 Å². The Hall–Kier alpha value is -0.230. The zero-order valence-electron chi connectivity index (χ0n) is 5.97.